The zero-order valence-corrected chi connectivity index (χ0v) is 7.16. The monoisotopic (exact) mass is 167 g/mol. The van der Waals surface area contributed by atoms with Crippen molar-refractivity contribution in [3.8, 4) is 5.88 Å². The normalized spacial score (nSPS) is 9.75. The molecule has 1 rings (SSSR count). The van der Waals surface area contributed by atoms with Crippen LogP contribution >= 0.6 is 0 Å². The number of hydrogen-bond acceptors (Lipinski definition) is 4. The minimum atomic E-state index is 0.503. The summed E-state index contributed by atoms with van der Waals surface area (Å²) >= 11 is 0. The number of nitrogens with zero attached hydrogens (tertiary/aromatic N) is 2. The standard InChI is InChI=1S/C8H13N3O/c1-2-3-4-12-8-5-7(9)6-10-11-8/h5-6H,2-4H2,1H3,(H2,9,11). The smallest absolute Gasteiger partial charge is 0.235 e. The number of unbranched alkanes of at least 4 members (excludes halogenated alkanes) is 1. The van der Waals surface area contributed by atoms with Crippen LogP contribution in [0.4, 0.5) is 5.69 Å². The minimum absolute atomic E-state index is 0.503. The van der Waals surface area contributed by atoms with Crippen molar-refractivity contribution in [2.75, 3.05) is 12.3 Å². The molecule has 0 spiro atoms. The van der Waals surface area contributed by atoms with E-state index in [-0.39, 0.29) is 0 Å². The van der Waals surface area contributed by atoms with Crippen LogP contribution in [0, 0.1) is 0 Å². The zero-order valence-electron chi connectivity index (χ0n) is 7.16. The van der Waals surface area contributed by atoms with Gasteiger partial charge in [0, 0.05) is 6.07 Å². The lowest BCUT2D eigenvalue weighted by atomic mass is 10.4. The lowest BCUT2D eigenvalue weighted by Gasteiger charge is -2.02. The molecule has 0 unspecified atom stereocenters. The lowest BCUT2D eigenvalue weighted by Crippen LogP contribution is -2.00. The van der Waals surface area contributed by atoms with Gasteiger partial charge in [0.2, 0.25) is 5.88 Å². The van der Waals surface area contributed by atoms with Crippen molar-refractivity contribution in [3.05, 3.63) is 12.3 Å². The zero-order chi connectivity index (χ0) is 8.81. The fourth-order valence-corrected chi connectivity index (χ4v) is 0.753. The molecule has 0 aromatic carbocycles. The largest absolute Gasteiger partial charge is 0.477 e. The first-order chi connectivity index (χ1) is 5.83. The van der Waals surface area contributed by atoms with Gasteiger partial charge in [-0.1, -0.05) is 13.3 Å². The van der Waals surface area contributed by atoms with E-state index >= 15 is 0 Å². The van der Waals surface area contributed by atoms with Gasteiger partial charge in [-0.2, -0.15) is 5.10 Å². The Balaban J connectivity index is 2.41. The lowest BCUT2D eigenvalue weighted by molar-refractivity contribution is 0.294. The van der Waals surface area contributed by atoms with Gasteiger partial charge in [0.1, 0.15) is 0 Å². The Morgan fingerprint density at radius 3 is 3.08 bits per heavy atom. The van der Waals surface area contributed by atoms with E-state index in [1.165, 1.54) is 6.20 Å². The predicted molar refractivity (Wildman–Crippen MR) is 46.8 cm³/mol. The van der Waals surface area contributed by atoms with Crippen molar-refractivity contribution in [2.24, 2.45) is 0 Å². The van der Waals surface area contributed by atoms with Gasteiger partial charge in [-0.15, -0.1) is 5.10 Å². The maximum absolute atomic E-state index is 5.48. The molecule has 4 heteroatoms. The summed E-state index contributed by atoms with van der Waals surface area (Å²) in [5, 5.41) is 7.42. The molecule has 1 aromatic rings. The second-order valence-electron chi connectivity index (χ2n) is 2.53. The van der Waals surface area contributed by atoms with Gasteiger partial charge in [-0.05, 0) is 6.42 Å². The van der Waals surface area contributed by atoms with E-state index in [0.717, 1.165) is 12.8 Å². The third-order valence-corrected chi connectivity index (χ3v) is 1.40. The van der Waals surface area contributed by atoms with Crippen molar-refractivity contribution in [1.82, 2.24) is 10.2 Å². The Kier molecular flexibility index (Phi) is 3.32. The van der Waals surface area contributed by atoms with E-state index in [1.54, 1.807) is 6.07 Å². The molecular weight excluding hydrogens is 154 g/mol. The quantitative estimate of drug-likeness (QED) is 0.685. The first-order valence-corrected chi connectivity index (χ1v) is 4.04. The van der Waals surface area contributed by atoms with Crippen LogP contribution in [0.1, 0.15) is 19.8 Å². The highest BCUT2D eigenvalue weighted by molar-refractivity contribution is 5.36. The van der Waals surface area contributed by atoms with Crippen molar-refractivity contribution < 1.29 is 4.74 Å². The Labute approximate surface area is 71.8 Å². The van der Waals surface area contributed by atoms with Crippen LogP contribution in [0.5, 0.6) is 5.88 Å². The molecule has 0 aliphatic rings. The van der Waals surface area contributed by atoms with Gasteiger partial charge in [-0.25, -0.2) is 0 Å². The van der Waals surface area contributed by atoms with E-state index < -0.39 is 0 Å². The molecule has 0 bridgehead atoms. The summed E-state index contributed by atoms with van der Waals surface area (Å²) < 4.78 is 5.27. The highest BCUT2D eigenvalue weighted by Crippen LogP contribution is 2.08. The van der Waals surface area contributed by atoms with E-state index in [4.69, 9.17) is 10.5 Å². The molecule has 0 saturated heterocycles. The van der Waals surface area contributed by atoms with Gasteiger partial charge in [0.25, 0.3) is 0 Å². The number of nitrogen functional groups attached to an aromatic ring is 1. The van der Waals surface area contributed by atoms with Crippen LogP contribution in [0.2, 0.25) is 0 Å². The van der Waals surface area contributed by atoms with Gasteiger partial charge in [0.15, 0.2) is 0 Å². The fraction of sp³-hybridized carbons (Fsp3) is 0.500. The molecule has 2 N–H and O–H groups in total. The van der Waals surface area contributed by atoms with Crippen LogP contribution in [0.15, 0.2) is 12.3 Å². The Morgan fingerprint density at radius 2 is 2.42 bits per heavy atom. The molecule has 0 amide bonds. The third-order valence-electron chi connectivity index (χ3n) is 1.40. The number of rotatable bonds is 4. The Morgan fingerprint density at radius 1 is 1.58 bits per heavy atom. The molecule has 0 aliphatic heterocycles. The number of anilines is 1. The van der Waals surface area contributed by atoms with Gasteiger partial charge >= 0.3 is 0 Å². The molecule has 0 saturated carbocycles. The van der Waals surface area contributed by atoms with Crippen LogP contribution in [-0.2, 0) is 0 Å². The number of hydrogen-bond donors (Lipinski definition) is 1. The first kappa shape index (κ1) is 8.77. The van der Waals surface area contributed by atoms with E-state index in [1.807, 2.05) is 0 Å². The first-order valence-electron chi connectivity index (χ1n) is 4.04. The molecule has 1 heterocycles. The second kappa shape index (κ2) is 4.54. The van der Waals surface area contributed by atoms with E-state index in [9.17, 15) is 0 Å². The number of ether oxygens (including phenoxy) is 1. The average Bonchev–Trinajstić information content (AvgIpc) is 2.05. The summed E-state index contributed by atoms with van der Waals surface area (Å²) in [7, 11) is 0. The molecule has 0 radical (unpaired) electrons. The highest BCUT2D eigenvalue weighted by Gasteiger charge is 1.95. The molecule has 12 heavy (non-hydrogen) atoms. The summed E-state index contributed by atoms with van der Waals surface area (Å²) in [6.07, 6.45) is 3.62. The van der Waals surface area contributed by atoms with Crippen LogP contribution < -0.4 is 10.5 Å². The van der Waals surface area contributed by atoms with Gasteiger partial charge < -0.3 is 10.5 Å². The topological polar surface area (TPSA) is 61.0 Å². The highest BCUT2D eigenvalue weighted by atomic mass is 16.5. The van der Waals surface area contributed by atoms with Crippen molar-refractivity contribution in [3.63, 3.8) is 0 Å². The average molecular weight is 167 g/mol. The summed E-state index contributed by atoms with van der Waals surface area (Å²) in [6, 6.07) is 1.67. The van der Waals surface area contributed by atoms with Gasteiger partial charge in [0.05, 0.1) is 18.5 Å². The van der Waals surface area contributed by atoms with E-state index in [2.05, 4.69) is 17.1 Å². The van der Waals surface area contributed by atoms with Crippen molar-refractivity contribution >= 4 is 5.69 Å². The fourth-order valence-electron chi connectivity index (χ4n) is 0.753. The molecule has 0 fully saturated rings. The Hall–Kier alpha value is -1.32. The molecule has 1 aromatic heterocycles. The maximum atomic E-state index is 5.48. The molecular formula is C8H13N3O. The minimum Gasteiger partial charge on any atom is -0.477 e. The summed E-state index contributed by atoms with van der Waals surface area (Å²) in [4.78, 5) is 0. The summed E-state index contributed by atoms with van der Waals surface area (Å²) in [5.41, 5.74) is 6.06. The van der Waals surface area contributed by atoms with Crippen molar-refractivity contribution in [2.45, 2.75) is 19.8 Å². The molecule has 0 aliphatic carbocycles. The van der Waals surface area contributed by atoms with Gasteiger partial charge in [-0.3, -0.25) is 0 Å². The summed E-state index contributed by atoms with van der Waals surface area (Å²) in [5.74, 6) is 0.503. The second-order valence-corrected chi connectivity index (χ2v) is 2.53. The molecule has 4 nitrogen and oxygen atoms in total. The number of nitrogens with two attached hydrogens (primary N) is 1. The van der Waals surface area contributed by atoms with Crippen LogP contribution in [0.3, 0.4) is 0 Å². The Bertz CT molecular complexity index is 239. The third kappa shape index (κ3) is 2.74. The molecule has 66 valence electrons. The van der Waals surface area contributed by atoms with E-state index in [0.29, 0.717) is 18.2 Å². The summed E-state index contributed by atoms with van der Waals surface area (Å²) in [6.45, 7) is 2.78. The maximum Gasteiger partial charge on any atom is 0.235 e. The number of aromatic nitrogens is 2. The molecule has 0 atom stereocenters. The predicted octanol–water partition coefficient (Wildman–Crippen LogP) is 1.24. The van der Waals surface area contributed by atoms with Crippen LogP contribution in [-0.4, -0.2) is 16.8 Å². The SMILES string of the molecule is CCCCOc1cc(N)cnn1. The van der Waals surface area contributed by atoms with Crippen LogP contribution in [0.25, 0.3) is 0 Å². The van der Waals surface area contributed by atoms with Crippen molar-refractivity contribution in [1.29, 1.82) is 0 Å².